The van der Waals surface area contributed by atoms with E-state index in [4.69, 9.17) is 11.6 Å². The van der Waals surface area contributed by atoms with Gasteiger partial charge in [-0.1, -0.05) is 18.5 Å². The third-order valence-electron chi connectivity index (χ3n) is 3.47. The van der Waals surface area contributed by atoms with Crippen LogP contribution in [-0.2, 0) is 12.6 Å². The second kappa shape index (κ2) is 6.25. The molecule has 1 amide bonds. The smallest absolute Gasteiger partial charge is 0.394 e. The number of nitrogens with zero attached hydrogens (tertiary/aromatic N) is 2. The van der Waals surface area contributed by atoms with Crippen molar-refractivity contribution in [3.63, 3.8) is 0 Å². The molecular weight excluding hydrogens is 347 g/mol. The Hall–Kier alpha value is -1.80. The number of alkyl halides is 3. The highest BCUT2D eigenvalue weighted by atomic mass is 35.5. The first-order valence-electron chi connectivity index (χ1n) is 7.21. The van der Waals surface area contributed by atoms with E-state index in [0.717, 1.165) is 16.7 Å². The van der Waals surface area contributed by atoms with Crippen LogP contribution in [0.5, 0.6) is 0 Å². The monoisotopic (exact) mass is 363 g/mol. The molecule has 5 nitrogen and oxygen atoms in total. The number of fused-ring (bicyclic) bond motifs is 1. The van der Waals surface area contributed by atoms with E-state index in [-0.39, 0.29) is 23.0 Å². The lowest BCUT2D eigenvalue weighted by atomic mass is 10.1. The molecule has 0 aliphatic heterocycles. The van der Waals surface area contributed by atoms with Gasteiger partial charge in [-0.3, -0.25) is 9.20 Å². The molecular formula is C15H17ClF3N3O2. The van der Waals surface area contributed by atoms with Crippen molar-refractivity contribution in [3.8, 4) is 0 Å². The van der Waals surface area contributed by atoms with Crippen molar-refractivity contribution in [1.29, 1.82) is 0 Å². The van der Waals surface area contributed by atoms with Gasteiger partial charge < -0.3 is 10.4 Å². The van der Waals surface area contributed by atoms with Crippen LogP contribution in [0.1, 0.15) is 42.5 Å². The van der Waals surface area contributed by atoms with E-state index in [1.807, 2.05) is 0 Å². The molecule has 0 aliphatic rings. The van der Waals surface area contributed by atoms with Crippen molar-refractivity contribution in [2.24, 2.45) is 0 Å². The second-order valence-electron chi connectivity index (χ2n) is 6.02. The van der Waals surface area contributed by atoms with Crippen molar-refractivity contribution >= 4 is 23.2 Å². The van der Waals surface area contributed by atoms with E-state index in [2.05, 4.69) is 10.3 Å². The maximum atomic E-state index is 13.0. The van der Waals surface area contributed by atoms with Gasteiger partial charge in [-0.25, -0.2) is 4.98 Å². The normalized spacial score (nSPS) is 12.7. The maximum absolute atomic E-state index is 13.0. The molecule has 0 atom stereocenters. The van der Waals surface area contributed by atoms with Gasteiger partial charge in [0.05, 0.1) is 28.4 Å². The largest absolute Gasteiger partial charge is 0.417 e. The lowest BCUT2D eigenvalue weighted by Gasteiger charge is -2.23. The number of amides is 1. The fourth-order valence-corrected chi connectivity index (χ4v) is 2.45. The number of aryl methyl sites for hydroxylation is 1. The van der Waals surface area contributed by atoms with Gasteiger partial charge in [0.1, 0.15) is 5.69 Å². The van der Waals surface area contributed by atoms with Crippen LogP contribution in [0.3, 0.4) is 0 Å². The molecule has 132 valence electrons. The maximum Gasteiger partial charge on any atom is 0.417 e. The minimum absolute atomic E-state index is 0.0259. The molecule has 0 spiro atoms. The Morgan fingerprint density at radius 2 is 2.04 bits per heavy atom. The van der Waals surface area contributed by atoms with E-state index in [1.54, 1.807) is 20.8 Å². The summed E-state index contributed by atoms with van der Waals surface area (Å²) in [5.74, 6) is -0.631. The molecule has 2 aromatic heterocycles. The van der Waals surface area contributed by atoms with Crippen LogP contribution in [0.15, 0.2) is 12.3 Å². The summed E-state index contributed by atoms with van der Waals surface area (Å²) in [5, 5.41) is 11.7. The number of carbonyl (C=O) groups excluding carboxylic acids is 1. The first-order chi connectivity index (χ1) is 11.0. The third-order valence-corrected chi connectivity index (χ3v) is 3.75. The zero-order valence-corrected chi connectivity index (χ0v) is 14.1. The SMILES string of the molecule is CCc1nc2c(Cl)cc(C(F)(F)F)cn2c1C(=O)NC(C)(C)CO. The standard InChI is InChI=1S/C15H17ClF3N3O2/c1-4-10-11(13(24)21-14(2,3)7-23)22-6-8(15(17,18)19)5-9(16)12(22)20-10/h5-6,23H,4,7H2,1-3H3,(H,21,24). The Kier molecular flexibility index (Phi) is 4.83. The van der Waals surface area contributed by atoms with Crippen LogP contribution in [0.25, 0.3) is 5.65 Å². The highest BCUT2D eigenvalue weighted by Gasteiger charge is 2.33. The number of aliphatic hydroxyl groups excluding tert-OH is 1. The van der Waals surface area contributed by atoms with E-state index in [9.17, 15) is 23.1 Å². The third kappa shape index (κ3) is 3.49. The van der Waals surface area contributed by atoms with Crippen LogP contribution in [-0.4, -0.2) is 32.5 Å². The molecule has 0 unspecified atom stereocenters. The lowest BCUT2D eigenvalue weighted by Crippen LogP contribution is -2.46. The van der Waals surface area contributed by atoms with Crippen LogP contribution >= 0.6 is 11.6 Å². The Morgan fingerprint density at radius 1 is 1.42 bits per heavy atom. The minimum Gasteiger partial charge on any atom is -0.394 e. The predicted octanol–water partition coefficient (Wildman–Crippen LogP) is 3.07. The number of hydrogen-bond acceptors (Lipinski definition) is 3. The zero-order chi connectivity index (χ0) is 18.3. The van der Waals surface area contributed by atoms with Crippen LogP contribution < -0.4 is 5.32 Å². The molecule has 0 fully saturated rings. The predicted molar refractivity (Wildman–Crippen MR) is 83.2 cm³/mol. The number of nitrogens with one attached hydrogen (secondary N) is 1. The number of pyridine rings is 1. The number of imidazole rings is 1. The fraction of sp³-hybridized carbons (Fsp3) is 0.467. The second-order valence-corrected chi connectivity index (χ2v) is 6.43. The highest BCUT2D eigenvalue weighted by Crippen LogP contribution is 2.33. The molecule has 2 heterocycles. The molecule has 0 radical (unpaired) electrons. The average Bonchev–Trinajstić information content (AvgIpc) is 2.85. The number of hydrogen-bond donors (Lipinski definition) is 2. The van der Waals surface area contributed by atoms with Crippen molar-refractivity contribution in [1.82, 2.24) is 14.7 Å². The van der Waals surface area contributed by atoms with E-state index >= 15 is 0 Å². The Bertz CT molecular complexity index is 784. The molecule has 0 saturated heterocycles. The Balaban J connectivity index is 2.67. The van der Waals surface area contributed by atoms with Gasteiger partial charge >= 0.3 is 6.18 Å². The van der Waals surface area contributed by atoms with E-state index < -0.39 is 23.2 Å². The zero-order valence-electron chi connectivity index (χ0n) is 13.3. The molecule has 0 aliphatic carbocycles. The van der Waals surface area contributed by atoms with Crippen molar-refractivity contribution in [2.45, 2.75) is 38.9 Å². The van der Waals surface area contributed by atoms with Crippen LogP contribution in [0, 0.1) is 0 Å². The molecule has 2 aromatic rings. The summed E-state index contributed by atoms with van der Waals surface area (Å²) in [6, 6.07) is 0.780. The van der Waals surface area contributed by atoms with Crippen LogP contribution in [0.2, 0.25) is 5.02 Å². The summed E-state index contributed by atoms with van der Waals surface area (Å²) in [7, 11) is 0. The summed E-state index contributed by atoms with van der Waals surface area (Å²) in [5.41, 5.74) is -1.54. The molecule has 0 aromatic carbocycles. The number of halogens is 4. The van der Waals surface area contributed by atoms with Crippen molar-refractivity contribution < 1.29 is 23.1 Å². The molecule has 0 bridgehead atoms. The van der Waals surface area contributed by atoms with Gasteiger partial charge in [0.25, 0.3) is 5.91 Å². The summed E-state index contributed by atoms with van der Waals surface area (Å²) in [4.78, 5) is 16.7. The number of rotatable bonds is 4. The van der Waals surface area contributed by atoms with Crippen LogP contribution in [0.4, 0.5) is 13.2 Å². The topological polar surface area (TPSA) is 66.6 Å². The first-order valence-corrected chi connectivity index (χ1v) is 7.59. The lowest BCUT2D eigenvalue weighted by molar-refractivity contribution is -0.137. The Morgan fingerprint density at radius 3 is 2.54 bits per heavy atom. The van der Waals surface area contributed by atoms with Gasteiger partial charge in [0, 0.05) is 6.20 Å². The summed E-state index contributed by atoms with van der Waals surface area (Å²) < 4.78 is 40.1. The van der Waals surface area contributed by atoms with Gasteiger partial charge in [-0.15, -0.1) is 0 Å². The fourth-order valence-electron chi connectivity index (χ4n) is 2.20. The van der Waals surface area contributed by atoms with Crippen molar-refractivity contribution in [3.05, 3.63) is 34.2 Å². The van der Waals surface area contributed by atoms with Gasteiger partial charge in [0.2, 0.25) is 0 Å². The van der Waals surface area contributed by atoms with Gasteiger partial charge in [-0.2, -0.15) is 13.2 Å². The average molecular weight is 364 g/mol. The summed E-state index contributed by atoms with van der Waals surface area (Å²) in [6.07, 6.45) is -3.47. The molecule has 2 rings (SSSR count). The molecule has 9 heteroatoms. The van der Waals surface area contributed by atoms with Gasteiger partial charge in [0.15, 0.2) is 5.65 Å². The highest BCUT2D eigenvalue weighted by molar-refractivity contribution is 6.33. The first kappa shape index (κ1) is 18.5. The number of carbonyl (C=O) groups is 1. The molecule has 24 heavy (non-hydrogen) atoms. The number of aromatic nitrogens is 2. The Labute approximate surface area is 141 Å². The van der Waals surface area contributed by atoms with E-state index in [1.165, 1.54) is 0 Å². The quantitative estimate of drug-likeness (QED) is 0.877. The van der Waals surface area contributed by atoms with Gasteiger partial charge in [-0.05, 0) is 26.3 Å². The summed E-state index contributed by atoms with van der Waals surface area (Å²) in [6.45, 7) is 4.58. The summed E-state index contributed by atoms with van der Waals surface area (Å²) >= 11 is 5.92. The molecule has 2 N–H and O–H groups in total. The minimum atomic E-state index is -4.60. The number of aliphatic hydroxyl groups is 1. The molecule has 0 saturated carbocycles. The van der Waals surface area contributed by atoms with E-state index in [0.29, 0.717) is 12.1 Å². The van der Waals surface area contributed by atoms with Crippen molar-refractivity contribution in [2.75, 3.05) is 6.61 Å².